The smallest absolute Gasteiger partial charge is 0.333 e. The van der Waals surface area contributed by atoms with Crippen molar-refractivity contribution in [3.63, 3.8) is 0 Å². The Kier molecular flexibility index (Phi) is 4.56. The third-order valence-electron chi connectivity index (χ3n) is 2.10. The monoisotopic (exact) mass is 268 g/mol. The summed E-state index contributed by atoms with van der Waals surface area (Å²) >= 11 is 3.37. The number of ether oxygens (including phenoxy) is 1. The molecule has 1 rings (SSSR count). The lowest BCUT2D eigenvalue weighted by molar-refractivity contribution is -0.136. The average Bonchev–Trinajstić information content (AvgIpc) is 2.27. The molecule has 0 spiro atoms. The molecule has 0 unspecified atom stereocenters. The SMILES string of the molecule is C/C=C(\Cc1ccc(Br)cc1)C(=O)OC. The van der Waals surface area contributed by atoms with E-state index in [9.17, 15) is 4.79 Å². The van der Waals surface area contributed by atoms with Gasteiger partial charge in [-0.15, -0.1) is 0 Å². The van der Waals surface area contributed by atoms with Crippen molar-refractivity contribution in [2.24, 2.45) is 0 Å². The second kappa shape index (κ2) is 5.71. The van der Waals surface area contributed by atoms with Gasteiger partial charge in [0, 0.05) is 16.5 Å². The van der Waals surface area contributed by atoms with E-state index in [1.54, 1.807) is 6.08 Å². The van der Waals surface area contributed by atoms with Crippen LogP contribution in [0.15, 0.2) is 40.4 Å². The number of carbonyl (C=O) groups is 1. The van der Waals surface area contributed by atoms with E-state index in [0.717, 1.165) is 10.0 Å². The van der Waals surface area contributed by atoms with Gasteiger partial charge < -0.3 is 4.74 Å². The highest BCUT2D eigenvalue weighted by molar-refractivity contribution is 9.10. The highest BCUT2D eigenvalue weighted by Crippen LogP contribution is 2.14. The molecule has 3 heteroatoms. The summed E-state index contributed by atoms with van der Waals surface area (Å²) in [6.07, 6.45) is 2.39. The lowest BCUT2D eigenvalue weighted by Gasteiger charge is -2.04. The van der Waals surface area contributed by atoms with Crippen LogP contribution in [0.2, 0.25) is 0 Å². The van der Waals surface area contributed by atoms with E-state index in [-0.39, 0.29) is 5.97 Å². The minimum Gasteiger partial charge on any atom is -0.466 e. The van der Waals surface area contributed by atoms with Gasteiger partial charge in [0.25, 0.3) is 0 Å². The van der Waals surface area contributed by atoms with E-state index in [1.807, 2.05) is 31.2 Å². The first-order valence-electron chi connectivity index (χ1n) is 4.65. The van der Waals surface area contributed by atoms with Crippen LogP contribution in [0.1, 0.15) is 12.5 Å². The molecule has 2 nitrogen and oxygen atoms in total. The zero-order valence-corrected chi connectivity index (χ0v) is 10.4. The molecule has 0 fully saturated rings. The van der Waals surface area contributed by atoms with Crippen molar-refractivity contribution in [1.29, 1.82) is 0 Å². The Labute approximate surface area is 98.1 Å². The van der Waals surface area contributed by atoms with Crippen LogP contribution in [0, 0.1) is 0 Å². The van der Waals surface area contributed by atoms with E-state index in [1.165, 1.54) is 7.11 Å². The number of halogens is 1. The Hall–Kier alpha value is -1.09. The van der Waals surface area contributed by atoms with Gasteiger partial charge in [-0.3, -0.25) is 0 Å². The molecule has 0 bridgehead atoms. The van der Waals surface area contributed by atoms with Crippen molar-refractivity contribution >= 4 is 21.9 Å². The van der Waals surface area contributed by atoms with Gasteiger partial charge in [-0.2, -0.15) is 0 Å². The lowest BCUT2D eigenvalue weighted by Crippen LogP contribution is -2.07. The summed E-state index contributed by atoms with van der Waals surface area (Å²) in [5, 5.41) is 0. The predicted molar refractivity (Wildman–Crippen MR) is 63.6 cm³/mol. The molecule has 0 aromatic heterocycles. The van der Waals surface area contributed by atoms with Crippen molar-refractivity contribution < 1.29 is 9.53 Å². The maximum absolute atomic E-state index is 11.3. The summed E-state index contributed by atoms with van der Waals surface area (Å²) in [5.41, 5.74) is 1.77. The molecule has 0 radical (unpaired) electrons. The summed E-state index contributed by atoms with van der Waals surface area (Å²) in [7, 11) is 1.40. The topological polar surface area (TPSA) is 26.3 Å². The second-order valence-corrected chi connectivity index (χ2v) is 4.02. The Morgan fingerprint density at radius 2 is 2.00 bits per heavy atom. The van der Waals surface area contributed by atoms with E-state index in [2.05, 4.69) is 20.7 Å². The quantitative estimate of drug-likeness (QED) is 0.622. The summed E-state index contributed by atoms with van der Waals surface area (Å²) in [6.45, 7) is 1.84. The zero-order valence-electron chi connectivity index (χ0n) is 8.79. The normalized spacial score (nSPS) is 11.3. The fraction of sp³-hybridized carbons (Fsp3) is 0.250. The highest BCUT2D eigenvalue weighted by Gasteiger charge is 2.08. The van der Waals surface area contributed by atoms with Crippen LogP contribution in [0.4, 0.5) is 0 Å². The Morgan fingerprint density at radius 1 is 1.40 bits per heavy atom. The van der Waals surface area contributed by atoms with E-state index in [0.29, 0.717) is 12.0 Å². The average molecular weight is 269 g/mol. The van der Waals surface area contributed by atoms with Gasteiger partial charge >= 0.3 is 5.97 Å². The van der Waals surface area contributed by atoms with Crippen molar-refractivity contribution in [1.82, 2.24) is 0 Å². The van der Waals surface area contributed by atoms with Gasteiger partial charge in [0.05, 0.1) is 7.11 Å². The fourth-order valence-corrected chi connectivity index (χ4v) is 1.51. The number of carbonyl (C=O) groups excluding carboxylic acids is 1. The van der Waals surface area contributed by atoms with Crippen LogP contribution < -0.4 is 0 Å². The van der Waals surface area contributed by atoms with Crippen molar-refractivity contribution in [3.8, 4) is 0 Å². The maximum atomic E-state index is 11.3. The standard InChI is InChI=1S/C12H13BrO2/c1-3-10(12(14)15-2)8-9-4-6-11(13)7-5-9/h3-7H,8H2,1-2H3/b10-3+. The summed E-state index contributed by atoms with van der Waals surface area (Å²) < 4.78 is 5.72. The molecule has 0 N–H and O–H groups in total. The number of allylic oxidation sites excluding steroid dienone is 1. The van der Waals surface area contributed by atoms with Gasteiger partial charge in [0.15, 0.2) is 0 Å². The number of benzene rings is 1. The molecule has 0 atom stereocenters. The van der Waals surface area contributed by atoms with Crippen molar-refractivity contribution in [3.05, 3.63) is 46.0 Å². The van der Waals surface area contributed by atoms with E-state index < -0.39 is 0 Å². The fourth-order valence-electron chi connectivity index (χ4n) is 1.25. The number of methoxy groups -OCH3 is 1. The second-order valence-electron chi connectivity index (χ2n) is 3.11. The summed E-state index contributed by atoms with van der Waals surface area (Å²) in [5.74, 6) is -0.264. The Bertz CT molecular complexity index is 366. The third-order valence-corrected chi connectivity index (χ3v) is 2.63. The first kappa shape index (κ1) is 12.0. The highest BCUT2D eigenvalue weighted by atomic mass is 79.9. The summed E-state index contributed by atoms with van der Waals surface area (Å²) in [4.78, 5) is 11.3. The Balaban J connectivity index is 2.76. The van der Waals surface area contributed by atoms with E-state index >= 15 is 0 Å². The molecule has 1 aromatic carbocycles. The number of hydrogen-bond acceptors (Lipinski definition) is 2. The summed E-state index contributed by atoms with van der Waals surface area (Å²) in [6, 6.07) is 7.88. The minimum atomic E-state index is -0.264. The first-order chi connectivity index (χ1) is 7.17. The predicted octanol–water partition coefficient (Wildman–Crippen LogP) is 3.11. The van der Waals surface area contributed by atoms with Crippen LogP contribution in [0.25, 0.3) is 0 Å². The molecule has 0 amide bonds. The van der Waals surface area contributed by atoms with Gasteiger partial charge in [0.2, 0.25) is 0 Å². The number of rotatable bonds is 3. The van der Waals surface area contributed by atoms with Gasteiger partial charge in [-0.1, -0.05) is 34.1 Å². The lowest BCUT2D eigenvalue weighted by atomic mass is 10.1. The van der Waals surface area contributed by atoms with Gasteiger partial charge in [-0.05, 0) is 24.6 Å². The van der Waals surface area contributed by atoms with Crippen molar-refractivity contribution in [2.45, 2.75) is 13.3 Å². The molecular weight excluding hydrogens is 256 g/mol. The van der Waals surface area contributed by atoms with Crippen LogP contribution in [-0.2, 0) is 16.0 Å². The van der Waals surface area contributed by atoms with Gasteiger partial charge in [-0.25, -0.2) is 4.79 Å². The molecule has 0 saturated carbocycles. The maximum Gasteiger partial charge on any atom is 0.333 e. The molecule has 80 valence electrons. The molecule has 0 saturated heterocycles. The molecule has 1 aromatic rings. The molecule has 15 heavy (non-hydrogen) atoms. The van der Waals surface area contributed by atoms with Crippen molar-refractivity contribution in [2.75, 3.05) is 7.11 Å². The van der Waals surface area contributed by atoms with Crippen LogP contribution in [0.3, 0.4) is 0 Å². The van der Waals surface area contributed by atoms with Crippen LogP contribution >= 0.6 is 15.9 Å². The third kappa shape index (κ3) is 3.51. The molecular formula is C12H13BrO2. The van der Waals surface area contributed by atoms with E-state index in [4.69, 9.17) is 0 Å². The number of hydrogen-bond donors (Lipinski definition) is 0. The van der Waals surface area contributed by atoms with Crippen LogP contribution in [0.5, 0.6) is 0 Å². The first-order valence-corrected chi connectivity index (χ1v) is 5.44. The van der Waals surface area contributed by atoms with Gasteiger partial charge in [0.1, 0.15) is 0 Å². The largest absolute Gasteiger partial charge is 0.466 e. The van der Waals surface area contributed by atoms with Crippen LogP contribution in [-0.4, -0.2) is 13.1 Å². The molecule has 0 aliphatic carbocycles. The molecule has 0 aliphatic rings. The number of esters is 1. The zero-order chi connectivity index (χ0) is 11.3. The minimum absolute atomic E-state index is 0.264. The molecule has 0 aliphatic heterocycles. The molecule has 0 heterocycles. The Morgan fingerprint density at radius 3 is 2.47 bits per heavy atom.